The van der Waals surface area contributed by atoms with E-state index in [1.54, 1.807) is 12.1 Å². The van der Waals surface area contributed by atoms with Crippen LogP contribution in [0.5, 0.6) is 5.75 Å². The number of piperazine rings is 1. The van der Waals surface area contributed by atoms with Crippen molar-refractivity contribution in [1.29, 1.82) is 0 Å². The number of ether oxygens (including phenoxy) is 1. The van der Waals surface area contributed by atoms with Crippen LogP contribution in [0, 0.1) is 0 Å². The first-order chi connectivity index (χ1) is 10.9. The van der Waals surface area contributed by atoms with E-state index in [2.05, 4.69) is 21.5 Å². The van der Waals surface area contributed by atoms with E-state index in [-0.39, 0.29) is 36.6 Å². The molecule has 9 heteroatoms. The van der Waals surface area contributed by atoms with Gasteiger partial charge in [0.25, 0.3) is 0 Å². The molecule has 1 N–H and O–H groups in total. The SMILES string of the molecule is C=CC[C@@H](c1cccc(OC(F)(F)C(F)F)c1)N1CCNCC1.Cl.Cl. The van der Waals surface area contributed by atoms with Gasteiger partial charge in [-0.05, 0) is 24.1 Å². The van der Waals surface area contributed by atoms with Gasteiger partial charge < -0.3 is 10.1 Å². The first-order valence-corrected chi connectivity index (χ1v) is 7.44. The summed E-state index contributed by atoms with van der Waals surface area (Å²) in [5, 5.41) is 3.24. The molecule has 0 unspecified atom stereocenters. The number of hydrogen-bond donors (Lipinski definition) is 1. The zero-order valence-corrected chi connectivity index (χ0v) is 15.1. The number of halogens is 6. The van der Waals surface area contributed by atoms with Gasteiger partial charge in [0.05, 0.1) is 0 Å². The molecular formula is C16H22Cl2F4N2O. The van der Waals surface area contributed by atoms with Crippen molar-refractivity contribution in [1.82, 2.24) is 10.2 Å². The van der Waals surface area contributed by atoms with Crippen molar-refractivity contribution in [2.75, 3.05) is 26.2 Å². The molecule has 144 valence electrons. The Morgan fingerprint density at radius 1 is 1.24 bits per heavy atom. The lowest BCUT2D eigenvalue weighted by Crippen LogP contribution is -2.45. The summed E-state index contributed by atoms with van der Waals surface area (Å²) in [5.41, 5.74) is 0.745. The molecule has 1 heterocycles. The Morgan fingerprint density at radius 2 is 1.88 bits per heavy atom. The van der Waals surface area contributed by atoms with Crippen molar-refractivity contribution < 1.29 is 22.3 Å². The normalized spacial score (nSPS) is 16.5. The van der Waals surface area contributed by atoms with Crippen LogP contribution in [0.2, 0.25) is 0 Å². The number of hydrogen-bond acceptors (Lipinski definition) is 3. The van der Waals surface area contributed by atoms with Crippen molar-refractivity contribution in [2.24, 2.45) is 0 Å². The molecule has 3 nitrogen and oxygen atoms in total. The van der Waals surface area contributed by atoms with Crippen molar-refractivity contribution >= 4 is 24.8 Å². The van der Waals surface area contributed by atoms with Gasteiger partial charge in [-0.25, -0.2) is 0 Å². The van der Waals surface area contributed by atoms with Gasteiger partial charge in [-0.1, -0.05) is 18.2 Å². The van der Waals surface area contributed by atoms with E-state index in [9.17, 15) is 17.6 Å². The Hall–Kier alpha value is -1.02. The summed E-state index contributed by atoms with van der Waals surface area (Å²) in [4.78, 5) is 2.21. The summed E-state index contributed by atoms with van der Waals surface area (Å²) in [5.74, 6) is -0.267. The van der Waals surface area contributed by atoms with Gasteiger partial charge in [0.15, 0.2) is 0 Å². The van der Waals surface area contributed by atoms with Crippen molar-refractivity contribution in [2.45, 2.75) is 25.0 Å². The molecule has 0 aromatic heterocycles. The maximum atomic E-state index is 13.1. The van der Waals surface area contributed by atoms with Gasteiger partial charge in [0, 0.05) is 32.2 Å². The highest BCUT2D eigenvalue weighted by molar-refractivity contribution is 5.85. The fourth-order valence-electron chi connectivity index (χ4n) is 2.63. The van der Waals surface area contributed by atoms with E-state index in [0.717, 1.165) is 31.7 Å². The fraction of sp³-hybridized carbons (Fsp3) is 0.500. The molecule has 1 fully saturated rings. The molecule has 0 saturated carbocycles. The fourth-order valence-corrected chi connectivity index (χ4v) is 2.63. The standard InChI is InChI=1S/C16H20F4N2O.2ClH/c1-2-4-14(22-9-7-21-8-10-22)12-5-3-6-13(11-12)23-16(19,20)15(17)18;;/h2-3,5-6,11,14-15,21H,1,4,7-10H2;2*1H/t14-;;/m0../s1. The minimum Gasteiger partial charge on any atom is -0.428 e. The van der Waals surface area contributed by atoms with Crippen LogP contribution in [-0.2, 0) is 0 Å². The Bertz CT molecular complexity index is 529. The summed E-state index contributed by atoms with van der Waals surface area (Å²) in [7, 11) is 0. The molecule has 0 spiro atoms. The van der Waals surface area contributed by atoms with Gasteiger partial charge in [0.2, 0.25) is 0 Å². The molecule has 1 aliphatic rings. The highest BCUT2D eigenvalue weighted by Gasteiger charge is 2.44. The lowest BCUT2D eigenvalue weighted by molar-refractivity contribution is -0.253. The van der Waals surface area contributed by atoms with Gasteiger partial charge in [-0.15, -0.1) is 31.4 Å². The molecule has 1 saturated heterocycles. The van der Waals surface area contributed by atoms with Gasteiger partial charge in [-0.2, -0.15) is 17.6 Å². The maximum absolute atomic E-state index is 13.1. The largest absolute Gasteiger partial charge is 0.461 e. The number of nitrogens with zero attached hydrogens (tertiary/aromatic N) is 1. The van der Waals surface area contributed by atoms with Crippen LogP contribution in [0.1, 0.15) is 18.0 Å². The van der Waals surface area contributed by atoms with Crippen LogP contribution in [-0.4, -0.2) is 43.6 Å². The molecule has 1 aliphatic heterocycles. The molecule has 0 aliphatic carbocycles. The Balaban J connectivity index is 0.00000288. The first-order valence-electron chi connectivity index (χ1n) is 7.44. The molecule has 0 bridgehead atoms. The van der Waals surface area contributed by atoms with E-state index < -0.39 is 12.5 Å². The molecular weight excluding hydrogens is 383 g/mol. The highest BCUT2D eigenvalue weighted by atomic mass is 35.5. The molecule has 1 atom stereocenters. The first kappa shape index (κ1) is 24.0. The van der Waals surface area contributed by atoms with E-state index in [4.69, 9.17) is 0 Å². The molecule has 0 amide bonds. The van der Waals surface area contributed by atoms with E-state index >= 15 is 0 Å². The Kier molecular flexibility index (Phi) is 10.4. The minimum atomic E-state index is -4.50. The average Bonchev–Trinajstić information content (AvgIpc) is 2.53. The van der Waals surface area contributed by atoms with Crippen molar-refractivity contribution in [3.8, 4) is 5.75 Å². The topological polar surface area (TPSA) is 24.5 Å². The average molecular weight is 405 g/mol. The number of alkyl halides is 4. The predicted octanol–water partition coefficient (Wildman–Crippen LogP) is 4.29. The lowest BCUT2D eigenvalue weighted by atomic mass is 10.0. The van der Waals surface area contributed by atoms with Gasteiger partial charge in [-0.3, -0.25) is 4.90 Å². The minimum absolute atomic E-state index is 0. The molecule has 2 rings (SSSR count). The molecule has 1 aromatic carbocycles. The maximum Gasteiger partial charge on any atom is 0.461 e. The number of nitrogens with one attached hydrogen (secondary N) is 1. The monoisotopic (exact) mass is 404 g/mol. The van der Waals surface area contributed by atoms with Gasteiger partial charge in [0.1, 0.15) is 5.75 Å². The lowest BCUT2D eigenvalue weighted by Gasteiger charge is -2.35. The Labute approximate surface area is 157 Å². The summed E-state index contributed by atoms with van der Waals surface area (Å²) >= 11 is 0. The van der Waals surface area contributed by atoms with E-state index in [1.165, 1.54) is 18.2 Å². The molecule has 1 aromatic rings. The number of rotatable bonds is 7. The predicted molar refractivity (Wildman–Crippen MR) is 94.5 cm³/mol. The second-order valence-corrected chi connectivity index (χ2v) is 5.36. The van der Waals surface area contributed by atoms with Crippen LogP contribution in [0.4, 0.5) is 17.6 Å². The third-order valence-electron chi connectivity index (χ3n) is 3.73. The van der Waals surface area contributed by atoms with E-state index in [1.807, 2.05) is 0 Å². The van der Waals surface area contributed by atoms with Crippen molar-refractivity contribution in [3.05, 3.63) is 42.5 Å². The van der Waals surface area contributed by atoms with Crippen LogP contribution >= 0.6 is 24.8 Å². The second kappa shape index (κ2) is 10.9. The van der Waals surface area contributed by atoms with Crippen LogP contribution < -0.4 is 10.1 Å². The summed E-state index contributed by atoms with van der Waals surface area (Å²) in [6.07, 6.45) is -5.98. The molecule has 0 radical (unpaired) electrons. The van der Waals surface area contributed by atoms with Crippen LogP contribution in [0.15, 0.2) is 36.9 Å². The third-order valence-corrected chi connectivity index (χ3v) is 3.73. The van der Waals surface area contributed by atoms with E-state index in [0.29, 0.717) is 6.42 Å². The third kappa shape index (κ3) is 6.66. The highest BCUT2D eigenvalue weighted by Crippen LogP contribution is 2.31. The molecule has 25 heavy (non-hydrogen) atoms. The summed E-state index contributed by atoms with van der Waals surface area (Å²) in [6, 6.07) is 5.92. The van der Waals surface area contributed by atoms with Gasteiger partial charge >= 0.3 is 12.5 Å². The zero-order valence-electron chi connectivity index (χ0n) is 13.5. The van der Waals surface area contributed by atoms with Crippen LogP contribution in [0.25, 0.3) is 0 Å². The number of benzene rings is 1. The summed E-state index contributed by atoms with van der Waals surface area (Å²) in [6.45, 7) is 7.05. The zero-order chi connectivity index (χ0) is 16.9. The van der Waals surface area contributed by atoms with Crippen LogP contribution in [0.3, 0.4) is 0 Å². The Morgan fingerprint density at radius 3 is 2.44 bits per heavy atom. The quantitative estimate of drug-likeness (QED) is 0.541. The van der Waals surface area contributed by atoms with Crippen molar-refractivity contribution in [3.63, 3.8) is 0 Å². The smallest absolute Gasteiger partial charge is 0.428 e. The second-order valence-electron chi connectivity index (χ2n) is 5.36. The summed E-state index contributed by atoms with van der Waals surface area (Å²) < 4.78 is 54.8.